The number of hydrogen-bond acceptors (Lipinski definition) is 3. The summed E-state index contributed by atoms with van der Waals surface area (Å²) in [6.07, 6.45) is 0.349. The average Bonchev–Trinajstić information content (AvgIpc) is 2.30. The molecule has 21 heavy (non-hydrogen) atoms. The van der Waals surface area contributed by atoms with E-state index in [0.717, 1.165) is 25.7 Å². The first kappa shape index (κ1) is 18.1. The first-order chi connectivity index (χ1) is 9.79. The first-order valence-electron chi connectivity index (χ1n) is 6.96. The van der Waals surface area contributed by atoms with Crippen LogP contribution in [0.2, 0.25) is 0 Å². The quantitative estimate of drug-likeness (QED) is 0.815. The van der Waals surface area contributed by atoms with Crippen LogP contribution in [0.25, 0.3) is 0 Å². The number of carbonyl (C=O) groups is 2. The highest BCUT2D eigenvalue weighted by Gasteiger charge is 2.31. The zero-order valence-electron chi connectivity index (χ0n) is 11.6. The highest BCUT2D eigenvalue weighted by molar-refractivity contribution is 8.00. The van der Waals surface area contributed by atoms with E-state index in [-0.39, 0.29) is 5.75 Å². The summed E-state index contributed by atoms with van der Waals surface area (Å²) in [4.78, 5) is 22.9. The lowest BCUT2D eigenvalue weighted by atomic mass is 9.87. The Kier molecular flexibility index (Phi) is 7.34. The molecule has 0 aromatic carbocycles. The van der Waals surface area contributed by atoms with Gasteiger partial charge in [0.1, 0.15) is 0 Å². The fraction of sp³-hybridized carbons (Fsp3) is 0.846. The van der Waals surface area contributed by atoms with Crippen molar-refractivity contribution < 1.29 is 27.9 Å². The van der Waals surface area contributed by atoms with E-state index < -0.39 is 35.8 Å². The molecule has 0 saturated heterocycles. The Bertz CT molecular complexity index is 363. The maximum Gasteiger partial charge on any atom is 0.397 e. The Morgan fingerprint density at radius 2 is 1.76 bits per heavy atom. The van der Waals surface area contributed by atoms with Crippen molar-refractivity contribution in [3.05, 3.63) is 0 Å². The van der Waals surface area contributed by atoms with Gasteiger partial charge in [0, 0.05) is 6.04 Å². The van der Waals surface area contributed by atoms with Crippen molar-refractivity contribution in [2.45, 2.75) is 50.7 Å². The fourth-order valence-electron chi connectivity index (χ4n) is 2.46. The predicted octanol–water partition coefficient (Wildman–Crippen LogP) is 2.82. The van der Waals surface area contributed by atoms with Gasteiger partial charge >= 0.3 is 12.1 Å². The number of carboxylic acids is 1. The van der Waals surface area contributed by atoms with Crippen LogP contribution in [0.3, 0.4) is 0 Å². The summed E-state index contributed by atoms with van der Waals surface area (Å²) in [5, 5.41) is 11.8. The molecule has 1 saturated carbocycles. The maximum atomic E-state index is 12.0. The van der Waals surface area contributed by atoms with E-state index in [0.29, 0.717) is 24.6 Å². The molecule has 1 rings (SSSR count). The largest absolute Gasteiger partial charge is 0.481 e. The Morgan fingerprint density at radius 3 is 2.33 bits per heavy atom. The lowest BCUT2D eigenvalue weighted by molar-refractivity contribution is -0.143. The van der Waals surface area contributed by atoms with Gasteiger partial charge in [-0.1, -0.05) is 25.7 Å². The molecular weight excluding hydrogens is 307 g/mol. The number of thioether (sulfide) groups is 1. The minimum absolute atomic E-state index is 0.303. The van der Waals surface area contributed by atoms with Crippen LogP contribution in [-0.2, 0) is 9.59 Å². The molecule has 1 fully saturated rings. The third kappa shape index (κ3) is 7.59. The summed E-state index contributed by atoms with van der Waals surface area (Å²) >= 11 is 0.491. The normalized spacial score (nSPS) is 24.0. The van der Waals surface area contributed by atoms with Crippen molar-refractivity contribution >= 4 is 23.6 Å². The molecule has 0 bridgehead atoms. The molecule has 1 aliphatic rings. The zero-order chi connectivity index (χ0) is 15.9. The van der Waals surface area contributed by atoms with Crippen molar-refractivity contribution in [3.63, 3.8) is 0 Å². The summed E-state index contributed by atoms with van der Waals surface area (Å²) in [5.74, 6) is -3.51. The number of carbonyl (C=O) groups excluding carboxylic acids is 1. The molecule has 0 aromatic rings. The second kappa shape index (κ2) is 8.51. The summed E-state index contributed by atoms with van der Waals surface area (Å²) in [6, 6.07) is -0.484. The molecule has 8 heteroatoms. The lowest BCUT2D eigenvalue weighted by Gasteiger charge is -2.27. The van der Waals surface area contributed by atoms with Crippen LogP contribution in [0.5, 0.6) is 0 Å². The molecule has 122 valence electrons. The molecule has 2 N–H and O–H groups in total. The molecule has 0 radical (unpaired) electrons. The number of rotatable bonds is 5. The van der Waals surface area contributed by atoms with E-state index in [1.54, 1.807) is 0 Å². The van der Waals surface area contributed by atoms with E-state index in [4.69, 9.17) is 0 Å². The number of carboxylic acid groups (broad SMARTS) is 1. The van der Waals surface area contributed by atoms with Crippen LogP contribution in [0.1, 0.15) is 38.5 Å². The van der Waals surface area contributed by atoms with Crippen LogP contribution in [-0.4, -0.2) is 40.7 Å². The van der Waals surface area contributed by atoms with Gasteiger partial charge < -0.3 is 10.4 Å². The second-order valence-corrected chi connectivity index (χ2v) is 6.20. The van der Waals surface area contributed by atoms with Gasteiger partial charge in [0.25, 0.3) is 0 Å². The molecule has 2 unspecified atom stereocenters. The summed E-state index contributed by atoms with van der Waals surface area (Å²) in [7, 11) is 0. The third-order valence-corrected chi connectivity index (χ3v) is 4.43. The van der Waals surface area contributed by atoms with E-state index in [1.165, 1.54) is 0 Å². The van der Waals surface area contributed by atoms with Gasteiger partial charge in [0.15, 0.2) is 0 Å². The number of aliphatic carboxylic acids is 1. The number of halogens is 3. The molecular formula is C13H20F3NO3S. The molecule has 1 aliphatic carbocycles. The molecule has 2 atom stereocenters. The van der Waals surface area contributed by atoms with Crippen molar-refractivity contribution in [2.75, 3.05) is 11.5 Å². The van der Waals surface area contributed by atoms with Crippen LogP contribution in [0.4, 0.5) is 13.2 Å². The molecule has 0 aromatic heterocycles. The number of alkyl halides is 3. The highest BCUT2D eigenvalue weighted by atomic mass is 32.2. The van der Waals surface area contributed by atoms with Gasteiger partial charge in [-0.15, -0.1) is 11.8 Å². The molecule has 0 aliphatic heterocycles. The Labute approximate surface area is 125 Å². The van der Waals surface area contributed by atoms with E-state index in [9.17, 15) is 27.9 Å². The van der Waals surface area contributed by atoms with E-state index in [2.05, 4.69) is 5.32 Å². The monoisotopic (exact) mass is 327 g/mol. The highest BCUT2D eigenvalue weighted by Crippen LogP contribution is 2.24. The fourth-order valence-corrected chi connectivity index (χ4v) is 3.06. The van der Waals surface area contributed by atoms with Crippen LogP contribution in [0.15, 0.2) is 0 Å². The van der Waals surface area contributed by atoms with Gasteiger partial charge in [-0.25, -0.2) is 0 Å². The van der Waals surface area contributed by atoms with Gasteiger partial charge in [0.05, 0.1) is 17.4 Å². The summed E-state index contributed by atoms with van der Waals surface area (Å²) in [6.45, 7) is 0. The third-order valence-electron chi connectivity index (χ3n) is 3.43. The van der Waals surface area contributed by atoms with Crippen molar-refractivity contribution in [1.29, 1.82) is 0 Å². The standard InChI is InChI=1S/C13H20F3NO3S/c14-13(15,16)8-21-7-11(18)17-10-6-4-2-1-3-5-9(10)12(19)20/h9-10H,1-8H2,(H,17,18)(H,19,20). The SMILES string of the molecule is O=C(CSCC(F)(F)F)NC1CCCCCCC1C(=O)O. The number of amides is 1. The van der Waals surface area contributed by atoms with Gasteiger partial charge in [-0.3, -0.25) is 9.59 Å². The summed E-state index contributed by atoms with van der Waals surface area (Å²) in [5.41, 5.74) is 0. The molecule has 0 spiro atoms. The number of nitrogens with one attached hydrogen (secondary N) is 1. The minimum Gasteiger partial charge on any atom is -0.481 e. The second-order valence-electron chi connectivity index (χ2n) is 5.22. The van der Waals surface area contributed by atoms with Gasteiger partial charge in [-0.2, -0.15) is 13.2 Å². The maximum absolute atomic E-state index is 12.0. The van der Waals surface area contributed by atoms with Crippen molar-refractivity contribution in [3.8, 4) is 0 Å². The predicted molar refractivity (Wildman–Crippen MR) is 74.1 cm³/mol. The molecule has 1 amide bonds. The van der Waals surface area contributed by atoms with Crippen LogP contribution < -0.4 is 5.32 Å². The Balaban J connectivity index is 2.47. The Hall–Kier alpha value is -0.920. The first-order valence-corrected chi connectivity index (χ1v) is 8.12. The topological polar surface area (TPSA) is 66.4 Å². The summed E-state index contributed by atoms with van der Waals surface area (Å²) < 4.78 is 36.0. The van der Waals surface area contributed by atoms with Gasteiger partial charge in [0.2, 0.25) is 5.91 Å². The van der Waals surface area contributed by atoms with E-state index in [1.807, 2.05) is 0 Å². The molecule has 4 nitrogen and oxygen atoms in total. The van der Waals surface area contributed by atoms with Crippen LogP contribution >= 0.6 is 11.8 Å². The van der Waals surface area contributed by atoms with Crippen molar-refractivity contribution in [2.24, 2.45) is 5.92 Å². The Morgan fingerprint density at radius 1 is 1.14 bits per heavy atom. The lowest BCUT2D eigenvalue weighted by Crippen LogP contribution is -2.44. The van der Waals surface area contributed by atoms with E-state index >= 15 is 0 Å². The molecule has 0 heterocycles. The average molecular weight is 327 g/mol. The number of hydrogen-bond donors (Lipinski definition) is 2. The smallest absolute Gasteiger partial charge is 0.397 e. The van der Waals surface area contributed by atoms with Crippen LogP contribution in [0, 0.1) is 5.92 Å². The zero-order valence-corrected chi connectivity index (χ0v) is 12.4. The minimum atomic E-state index is -4.30. The van der Waals surface area contributed by atoms with Gasteiger partial charge in [-0.05, 0) is 12.8 Å². The van der Waals surface area contributed by atoms with Crippen molar-refractivity contribution in [1.82, 2.24) is 5.32 Å².